The summed E-state index contributed by atoms with van der Waals surface area (Å²) in [6.45, 7) is 3.53. The summed E-state index contributed by atoms with van der Waals surface area (Å²) in [5, 5.41) is 7.83. The molecule has 1 saturated heterocycles. The number of carbonyl (C=O) groups is 1. The average Bonchev–Trinajstić information content (AvgIpc) is 2.89. The maximum atomic E-state index is 13.2. The zero-order chi connectivity index (χ0) is 26.9. The van der Waals surface area contributed by atoms with Crippen molar-refractivity contribution in [1.29, 1.82) is 0 Å². The van der Waals surface area contributed by atoms with Crippen molar-refractivity contribution >= 4 is 73.9 Å². The van der Waals surface area contributed by atoms with Gasteiger partial charge >= 0.3 is 0 Å². The van der Waals surface area contributed by atoms with Gasteiger partial charge in [-0.15, -0.1) is 0 Å². The molecule has 0 bridgehead atoms. The van der Waals surface area contributed by atoms with Crippen molar-refractivity contribution in [2.45, 2.75) is 11.6 Å². The molecule has 1 amide bonds. The van der Waals surface area contributed by atoms with Crippen LogP contribution in [0.4, 0.5) is 23.0 Å². The number of aromatic nitrogens is 2. The van der Waals surface area contributed by atoms with Crippen molar-refractivity contribution < 1.29 is 13.2 Å². The molecule has 0 aliphatic carbocycles. The first-order valence-corrected chi connectivity index (χ1v) is 15.4. The quantitative estimate of drug-likeness (QED) is 0.352. The van der Waals surface area contributed by atoms with E-state index in [0.29, 0.717) is 43.8 Å². The summed E-state index contributed by atoms with van der Waals surface area (Å²) in [6.07, 6.45) is 2.62. The number of fused-ring (bicyclic) bond motifs is 1. The molecule has 1 aromatic heterocycles. The van der Waals surface area contributed by atoms with E-state index in [0.717, 1.165) is 43.7 Å². The highest BCUT2D eigenvalue weighted by Gasteiger charge is 2.30. The van der Waals surface area contributed by atoms with Crippen LogP contribution in [-0.2, 0) is 16.6 Å². The van der Waals surface area contributed by atoms with E-state index in [-0.39, 0.29) is 12.5 Å². The summed E-state index contributed by atoms with van der Waals surface area (Å²) in [6, 6.07) is 10.9. The molecule has 3 N–H and O–H groups in total. The first-order chi connectivity index (χ1) is 18.2. The van der Waals surface area contributed by atoms with E-state index < -0.39 is 10.0 Å². The first kappa shape index (κ1) is 27.0. The van der Waals surface area contributed by atoms with Gasteiger partial charge in [-0.1, -0.05) is 41.0 Å². The van der Waals surface area contributed by atoms with Crippen LogP contribution in [0.1, 0.15) is 15.9 Å². The van der Waals surface area contributed by atoms with Crippen LogP contribution in [0.2, 0.25) is 10.0 Å². The van der Waals surface area contributed by atoms with Crippen molar-refractivity contribution in [2.75, 3.05) is 53.4 Å². The minimum absolute atomic E-state index is 0.156. The van der Waals surface area contributed by atoms with Crippen LogP contribution in [0.25, 0.3) is 0 Å². The number of piperazine rings is 1. The first-order valence-electron chi connectivity index (χ1n) is 11.8. The zero-order valence-electron chi connectivity index (χ0n) is 20.4. The highest BCUT2D eigenvalue weighted by atomic mass is 35.5. The molecule has 0 spiro atoms. The van der Waals surface area contributed by atoms with Gasteiger partial charge in [0.05, 0.1) is 33.4 Å². The minimum atomic E-state index is -3.37. The molecule has 14 heteroatoms. The molecule has 200 valence electrons. The van der Waals surface area contributed by atoms with Crippen LogP contribution in [0, 0.1) is 0 Å². The molecule has 0 atom stereocenters. The third-order valence-corrected chi connectivity index (χ3v) is 8.34. The number of sulfonamides is 1. The smallest absolute Gasteiger partial charge is 0.263 e. The number of hydrogen-bond donors (Lipinski definition) is 3. The third kappa shape index (κ3) is 6.00. The van der Waals surface area contributed by atoms with Gasteiger partial charge in [0.15, 0.2) is 0 Å². The Balaban J connectivity index is 1.38. The number of benzene rings is 2. The van der Waals surface area contributed by atoms with E-state index in [4.69, 9.17) is 23.2 Å². The Morgan fingerprint density at radius 2 is 1.87 bits per heavy atom. The van der Waals surface area contributed by atoms with Gasteiger partial charge in [0.25, 0.3) is 5.91 Å². The van der Waals surface area contributed by atoms with Gasteiger partial charge in [-0.2, -0.15) is 0 Å². The van der Waals surface area contributed by atoms with Gasteiger partial charge < -0.3 is 15.5 Å². The predicted octanol–water partition coefficient (Wildman–Crippen LogP) is 3.70. The van der Waals surface area contributed by atoms with Crippen molar-refractivity contribution in [1.82, 2.24) is 20.0 Å². The molecule has 10 nitrogen and oxygen atoms in total. The molecule has 2 aromatic carbocycles. The number of nitrogens with zero attached hydrogens (tertiary/aromatic N) is 4. The number of rotatable bonds is 7. The Morgan fingerprint density at radius 3 is 2.58 bits per heavy atom. The Morgan fingerprint density at radius 1 is 1.13 bits per heavy atom. The predicted molar refractivity (Wildman–Crippen MR) is 153 cm³/mol. The number of thioether (sulfide) groups is 1. The maximum absolute atomic E-state index is 13.2. The number of para-hydroxylation sites is 1. The molecule has 0 saturated carbocycles. The number of halogens is 2. The van der Waals surface area contributed by atoms with Gasteiger partial charge in [-0.3, -0.25) is 9.69 Å². The summed E-state index contributed by atoms with van der Waals surface area (Å²) >= 11 is 14.0. The van der Waals surface area contributed by atoms with Crippen LogP contribution in [0.15, 0.2) is 47.6 Å². The molecule has 2 aliphatic heterocycles. The zero-order valence-corrected chi connectivity index (χ0v) is 23.5. The lowest BCUT2D eigenvalue weighted by molar-refractivity contribution is 0.0985. The Labute approximate surface area is 235 Å². The molecular formula is C24H25Cl2N7O3S2. The fraction of sp³-hybridized carbons (Fsp3) is 0.292. The van der Waals surface area contributed by atoms with E-state index in [9.17, 15) is 13.2 Å². The molecule has 0 unspecified atom stereocenters. The summed E-state index contributed by atoms with van der Waals surface area (Å²) < 4.78 is 26.1. The van der Waals surface area contributed by atoms with Crippen LogP contribution in [0.5, 0.6) is 0 Å². The van der Waals surface area contributed by atoms with Crippen LogP contribution >= 0.6 is 35.0 Å². The molecule has 38 heavy (non-hydrogen) atoms. The van der Waals surface area contributed by atoms with Crippen LogP contribution in [0.3, 0.4) is 0 Å². The summed E-state index contributed by atoms with van der Waals surface area (Å²) in [5.74, 6) is 0.340. The number of hydrogen-bond acceptors (Lipinski definition) is 9. The van der Waals surface area contributed by atoms with Crippen molar-refractivity contribution in [3.05, 3.63) is 63.8 Å². The molecule has 3 aromatic rings. The highest BCUT2D eigenvalue weighted by molar-refractivity contribution is 7.99. The highest BCUT2D eigenvalue weighted by Crippen LogP contribution is 2.39. The van der Waals surface area contributed by atoms with Crippen molar-refractivity contribution in [3.8, 4) is 0 Å². The second-order valence-corrected chi connectivity index (χ2v) is 12.4. The lowest BCUT2D eigenvalue weighted by Gasteiger charge is -2.31. The molecule has 5 rings (SSSR count). The molecule has 0 radical (unpaired) electrons. The average molecular weight is 595 g/mol. The van der Waals surface area contributed by atoms with Crippen LogP contribution in [-0.4, -0.2) is 62.6 Å². The topological polar surface area (TPSA) is 120 Å². The standard InChI is InChI=1S/C24H25Cl2N7O3S2/c1-38(35,36)29-12-15-11-16(5-6-20(15)32-9-7-27-8-10-32)30-24-28-13-17-22(31-24)37-14-33(23(17)34)21-18(25)3-2-4-19(21)26/h2-6,11,13,27,29H,7-10,12,14H2,1H3,(H,28,30,31). The van der Waals surface area contributed by atoms with Gasteiger partial charge in [-0.25, -0.2) is 23.1 Å². The lowest BCUT2D eigenvalue weighted by Crippen LogP contribution is -2.44. The Hall–Kier alpha value is -2.61. The maximum Gasteiger partial charge on any atom is 0.263 e. The van der Waals surface area contributed by atoms with Gasteiger partial charge in [0.2, 0.25) is 16.0 Å². The normalized spacial score (nSPS) is 15.9. The van der Waals surface area contributed by atoms with E-state index in [1.807, 2.05) is 18.2 Å². The molecule has 2 aliphatic rings. The summed E-state index contributed by atoms with van der Waals surface area (Å²) in [4.78, 5) is 25.9. The van der Waals surface area contributed by atoms with Gasteiger partial charge in [-0.05, 0) is 35.9 Å². The van der Waals surface area contributed by atoms with Crippen LogP contribution < -0.4 is 25.2 Å². The molecule has 3 heterocycles. The summed E-state index contributed by atoms with van der Waals surface area (Å²) in [7, 11) is -3.37. The number of carbonyl (C=O) groups excluding carboxylic acids is 1. The SMILES string of the molecule is CS(=O)(=O)NCc1cc(Nc2ncc3c(n2)SCN(c2c(Cl)cccc2Cl)C3=O)ccc1N1CCNCC1. The fourth-order valence-corrected chi connectivity index (χ4v) is 6.25. The van der Waals surface area contributed by atoms with E-state index in [1.54, 1.807) is 18.2 Å². The van der Waals surface area contributed by atoms with E-state index >= 15 is 0 Å². The molecule has 1 fully saturated rings. The van der Waals surface area contributed by atoms with E-state index in [1.165, 1.54) is 22.9 Å². The second kappa shape index (κ2) is 11.2. The van der Waals surface area contributed by atoms with Gasteiger partial charge in [0, 0.05) is 50.3 Å². The molecular weight excluding hydrogens is 569 g/mol. The number of amides is 1. The Bertz CT molecular complexity index is 1460. The fourth-order valence-electron chi connectivity index (χ4n) is 4.28. The Kier molecular flexibility index (Phi) is 7.98. The van der Waals surface area contributed by atoms with Crippen molar-refractivity contribution in [2.24, 2.45) is 0 Å². The van der Waals surface area contributed by atoms with Crippen molar-refractivity contribution in [3.63, 3.8) is 0 Å². The third-order valence-electron chi connectivity index (χ3n) is 6.09. The second-order valence-electron chi connectivity index (χ2n) is 8.79. The lowest BCUT2D eigenvalue weighted by atomic mass is 10.1. The number of nitrogens with one attached hydrogen (secondary N) is 3. The summed E-state index contributed by atoms with van der Waals surface area (Å²) in [5.41, 5.74) is 3.32. The number of anilines is 4. The van der Waals surface area contributed by atoms with E-state index in [2.05, 4.69) is 30.2 Å². The monoisotopic (exact) mass is 593 g/mol. The minimum Gasteiger partial charge on any atom is -0.369 e. The largest absolute Gasteiger partial charge is 0.369 e. The van der Waals surface area contributed by atoms with Gasteiger partial charge in [0.1, 0.15) is 5.03 Å².